The molecule has 1 aliphatic heterocycles. The van der Waals surface area contributed by atoms with E-state index in [1.807, 2.05) is 25.1 Å². The highest BCUT2D eigenvalue weighted by Crippen LogP contribution is 2.35. The maximum absolute atomic E-state index is 13.7. The van der Waals surface area contributed by atoms with E-state index < -0.39 is 0 Å². The first-order chi connectivity index (χ1) is 13.7. The summed E-state index contributed by atoms with van der Waals surface area (Å²) < 4.78 is 20.4. The molecule has 4 rings (SSSR count). The average Bonchev–Trinajstić information content (AvgIpc) is 3.33. The molecule has 1 aromatic carbocycles. The van der Waals surface area contributed by atoms with Crippen LogP contribution in [0.5, 0.6) is 0 Å². The van der Waals surface area contributed by atoms with Gasteiger partial charge in [-0.3, -0.25) is 4.79 Å². The highest BCUT2D eigenvalue weighted by Gasteiger charge is 2.28. The molecular formula is C20H22FN5O2. The molecule has 1 N–H and O–H groups in total. The van der Waals surface area contributed by atoms with Crippen molar-refractivity contribution in [2.45, 2.75) is 25.8 Å². The van der Waals surface area contributed by atoms with Gasteiger partial charge in [0.15, 0.2) is 11.5 Å². The van der Waals surface area contributed by atoms with Gasteiger partial charge in [0.1, 0.15) is 18.2 Å². The summed E-state index contributed by atoms with van der Waals surface area (Å²) in [7, 11) is 0. The van der Waals surface area contributed by atoms with Gasteiger partial charge in [0.2, 0.25) is 0 Å². The van der Waals surface area contributed by atoms with Crippen LogP contribution in [-0.4, -0.2) is 40.3 Å². The summed E-state index contributed by atoms with van der Waals surface area (Å²) in [5.74, 6) is 0.761. The number of fused-ring (bicyclic) bond motifs is 1. The number of ether oxygens (including phenoxy) is 1. The van der Waals surface area contributed by atoms with Crippen LogP contribution in [0.2, 0.25) is 0 Å². The highest BCUT2D eigenvalue weighted by atomic mass is 19.1. The monoisotopic (exact) mass is 383 g/mol. The van der Waals surface area contributed by atoms with Crippen molar-refractivity contribution in [3.05, 3.63) is 54.0 Å². The maximum Gasteiger partial charge on any atom is 0.251 e. The zero-order valence-electron chi connectivity index (χ0n) is 15.6. The summed E-state index contributed by atoms with van der Waals surface area (Å²) in [6.07, 6.45) is 3.51. The van der Waals surface area contributed by atoms with E-state index in [4.69, 9.17) is 4.74 Å². The third-order valence-corrected chi connectivity index (χ3v) is 4.83. The smallest absolute Gasteiger partial charge is 0.251 e. The van der Waals surface area contributed by atoms with E-state index in [0.29, 0.717) is 18.1 Å². The Balaban J connectivity index is 1.61. The highest BCUT2D eigenvalue weighted by molar-refractivity contribution is 5.91. The van der Waals surface area contributed by atoms with Crippen molar-refractivity contribution in [3.8, 4) is 0 Å². The Morgan fingerprint density at radius 3 is 3.07 bits per heavy atom. The summed E-state index contributed by atoms with van der Waals surface area (Å²) in [6, 6.07) is 10.6. The van der Waals surface area contributed by atoms with Crippen molar-refractivity contribution in [1.29, 1.82) is 0 Å². The van der Waals surface area contributed by atoms with Gasteiger partial charge in [-0.1, -0.05) is 12.1 Å². The normalized spacial score (nSPS) is 16.6. The van der Waals surface area contributed by atoms with Crippen LogP contribution in [0.25, 0.3) is 5.65 Å². The zero-order valence-corrected chi connectivity index (χ0v) is 15.6. The molecule has 1 aliphatic rings. The third-order valence-electron chi connectivity index (χ3n) is 4.83. The summed E-state index contributed by atoms with van der Waals surface area (Å²) in [5, 5.41) is 7.45. The zero-order chi connectivity index (χ0) is 19.5. The molecule has 0 radical (unpaired) electrons. The number of amides is 1. The molecular weight excluding hydrogens is 361 g/mol. The van der Waals surface area contributed by atoms with Crippen molar-refractivity contribution in [2.24, 2.45) is 0 Å². The molecule has 0 saturated carbocycles. The minimum absolute atomic E-state index is 0.0167. The van der Waals surface area contributed by atoms with E-state index in [1.165, 1.54) is 6.07 Å². The number of hydrogen-bond acceptors (Lipinski definition) is 5. The summed E-state index contributed by atoms with van der Waals surface area (Å²) in [4.78, 5) is 18.4. The van der Waals surface area contributed by atoms with Gasteiger partial charge in [-0.15, -0.1) is 5.10 Å². The van der Waals surface area contributed by atoms with Gasteiger partial charge in [-0.05, 0) is 49.6 Å². The van der Waals surface area contributed by atoms with Gasteiger partial charge < -0.3 is 15.0 Å². The minimum Gasteiger partial charge on any atom is -0.372 e. The second-order valence-corrected chi connectivity index (χ2v) is 6.70. The number of carbonyl (C=O) groups is 1. The van der Waals surface area contributed by atoms with E-state index in [9.17, 15) is 9.18 Å². The number of halogens is 1. The van der Waals surface area contributed by atoms with Crippen LogP contribution in [0.3, 0.4) is 0 Å². The number of anilines is 2. The van der Waals surface area contributed by atoms with Crippen LogP contribution < -0.4 is 10.2 Å². The Hall–Kier alpha value is -3.00. The van der Waals surface area contributed by atoms with E-state index in [0.717, 1.165) is 30.8 Å². The van der Waals surface area contributed by atoms with E-state index in [-0.39, 0.29) is 24.4 Å². The molecule has 3 heterocycles. The average molecular weight is 383 g/mol. The van der Waals surface area contributed by atoms with Crippen LogP contribution in [-0.2, 0) is 9.53 Å². The molecule has 28 heavy (non-hydrogen) atoms. The fourth-order valence-electron chi connectivity index (χ4n) is 3.58. The summed E-state index contributed by atoms with van der Waals surface area (Å²) >= 11 is 0. The van der Waals surface area contributed by atoms with Gasteiger partial charge in [0.05, 0.1) is 12.2 Å². The topological polar surface area (TPSA) is 71.8 Å². The van der Waals surface area contributed by atoms with Crippen LogP contribution in [0.15, 0.2) is 42.6 Å². The Labute approximate surface area is 162 Å². The molecule has 1 atom stereocenters. The quantitative estimate of drug-likeness (QED) is 0.708. The second kappa shape index (κ2) is 7.93. The van der Waals surface area contributed by atoms with Gasteiger partial charge in [0, 0.05) is 13.2 Å². The fourth-order valence-corrected chi connectivity index (χ4v) is 3.58. The predicted molar refractivity (Wildman–Crippen MR) is 104 cm³/mol. The molecule has 146 valence electrons. The van der Waals surface area contributed by atoms with E-state index in [1.54, 1.807) is 22.8 Å². The number of benzene rings is 1. The Bertz CT molecular complexity index is 990. The number of carbonyl (C=O) groups excluding carboxylic acids is 1. The molecule has 0 bridgehead atoms. The standard InChI is InChI=1S/C20H22FN5O2/c1-2-28-13-20(27)23-19-12-22-17-8-9-18(24-26(17)19)25-10-4-7-16(25)14-5-3-6-15(21)11-14/h3,5-6,8-9,11-12,16H,2,4,7,10,13H2,1H3,(H,23,27). The van der Waals surface area contributed by atoms with E-state index >= 15 is 0 Å². The van der Waals surface area contributed by atoms with Crippen LogP contribution in [0.4, 0.5) is 16.0 Å². The molecule has 8 heteroatoms. The summed E-state index contributed by atoms with van der Waals surface area (Å²) in [6.45, 7) is 3.12. The fraction of sp³-hybridized carbons (Fsp3) is 0.350. The predicted octanol–water partition coefficient (Wildman–Crippen LogP) is 3.18. The lowest BCUT2D eigenvalue weighted by molar-refractivity contribution is -0.120. The van der Waals surface area contributed by atoms with Crippen molar-refractivity contribution in [2.75, 3.05) is 30.0 Å². The van der Waals surface area contributed by atoms with Crippen molar-refractivity contribution < 1.29 is 13.9 Å². The Kier molecular flexibility index (Phi) is 5.21. The van der Waals surface area contributed by atoms with Crippen LogP contribution >= 0.6 is 0 Å². The second-order valence-electron chi connectivity index (χ2n) is 6.70. The molecule has 2 aromatic heterocycles. The van der Waals surface area contributed by atoms with Crippen molar-refractivity contribution in [1.82, 2.24) is 14.6 Å². The van der Waals surface area contributed by atoms with Crippen molar-refractivity contribution >= 4 is 23.2 Å². The number of nitrogens with zero attached hydrogens (tertiary/aromatic N) is 4. The number of hydrogen-bond donors (Lipinski definition) is 1. The molecule has 1 unspecified atom stereocenters. The Morgan fingerprint density at radius 2 is 2.25 bits per heavy atom. The first-order valence-electron chi connectivity index (χ1n) is 9.40. The third kappa shape index (κ3) is 3.68. The Morgan fingerprint density at radius 1 is 1.36 bits per heavy atom. The lowest BCUT2D eigenvalue weighted by Gasteiger charge is -2.26. The first kappa shape index (κ1) is 18.4. The van der Waals surface area contributed by atoms with Gasteiger partial charge >= 0.3 is 0 Å². The molecule has 7 nitrogen and oxygen atoms in total. The maximum atomic E-state index is 13.7. The first-order valence-corrected chi connectivity index (χ1v) is 9.40. The van der Waals surface area contributed by atoms with Gasteiger partial charge in [-0.2, -0.15) is 4.52 Å². The molecule has 1 amide bonds. The molecule has 3 aromatic rings. The number of aromatic nitrogens is 3. The summed E-state index contributed by atoms with van der Waals surface area (Å²) in [5.41, 5.74) is 1.58. The SMILES string of the molecule is CCOCC(=O)Nc1cnc2ccc(N3CCCC3c3cccc(F)c3)nn12. The molecule has 1 fully saturated rings. The number of rotatable bonds is 6. The molecule has 0 spiro atoms. The number of nitrogens with one attached hydrogen (secondary N) is 1. The minimum atomic E-state index is -0.255. The molecule has 1 saturated heterocycles. The van der Waals surface area contributed by atoms with E-state index in [2.05, 4.69) is 20.3 Å². The molecule has 0 aliphatic carbocycles. The largest absolute Gasteiger partial charge is 0.372 e. The number of imidazole rings is 1. The van der Waals surface area contributed by atoms with Crippen molar-refractivity contribution in [3.63, 3.8) is 0 Å². The van der Waals surface area contributed by atoms with Crippen LogP contribution in [0.1, 0.15) is 31.4 Å². The lowest BCUT2D eigenvalue weighted by atomic mass is 10.0. The van der Waals surface area contributed by atoms with Gasteiger partial charge in [0.25, 0.3) is 5.91 Å². The van der Waals surface area contributed by atoms with Crippen LogP contribution in [0, 0.1) is 5.82 Å². The van der Waals surface area contributed by atoms with Gasteiger partial charge in [-0.25, -0.2) is 9.37 Å². The lowest BCUT2D eigenvalue weighted by Crippen LogP contribution is -2.25.